The van der Waals surface area contributed by atoms with E-state index in [0.29, 0.717) is 5.82 Å². The van der Waals surface area contributed by atoms with Gasteiger partial charge in [-0.15, -0.1) is 0 Å². The molecule has 0 saturated carbocycles. The van der Waals surface area contributed by atoms with Crippen molar-refractivity contribution in [3.8, 4) is 56.2 Å². The van der Waals surface area contributed by atoms with Crippen molar-refractivity contribution in [2.45, 2.75) is 19.3 Å². The maximum atomic E-state index is 6.41. The van der Waals surface area contributed by atoms with Gasteiger partial charge in [-0.3, -0.25) is 0 Å². The van der Waals surface area contributed by atoms with Crippen LogP contribution in [0, 0.1) is 0 Å². The standard InChI is InChI=1S/C55H36N2O/c1-55(2)46-18-10-17-43(52(46)45-29-35-14-6-7-15-36(35)30-47(45)55)49-32-48(56-54(57-49)34-12-4-3-5-13-34)41-22-21-37-27-38(19-20-39(37)28-41)40-23-25-44-51(31-40)58-50-26-24-33-11-8-9-16-42(33)53(44)50/h3-32H,1-2H3. The second-order valence-electron chi connectivity index (χ2n) is 16.2. The maximum absolute atomic E-state index is 6.41. The molecule has 0 aliphatic heterocycles. The van der Waals surface area contributed by atoms with Crippen molar-refractivity contribution in [3.05, 3.63) is 193 Å². The molecule has 0 amide bonds. The fraction of sp³-hybridized carbons (Fsp3) is 0.0545. The fourth-order valence-electron chi connectivity index (χ4n) is 9.45. The molecule has 0 unspecified atom stereocenters. The van der Waals surface area contributed by atoms with Gasteiger partial charge >= 0.3 is 0 Å². The van der Waals surface area contributed by atoms with Gasteiger partial charge < -0.3 is 4.42 Å². The number of fused-ring (bicyclic) bond motifs is 10. The summed E-state index contributed by atoms with van der Waals surface area (Å²) in [7, 11) is 0. The Morgan fingerprint density at radius 3 is 1.90 bits per heavy atom. The van der Waals surface area contributed by atoms with E-state index in [4.69, 9.17) is 14.4 Å². The lowest BCUT2D eigenvalue weighted by molar-refractivity contribution is 0.661. The van der Waals surface area contributed by atoms with E-state index < -0.39 is 0 Å². The van der Waals surface area contributed by atoms with Gasteiger partial charge in [0, 0.05) is 32.9 Å². The molecular weight excluding hydrogens is 705 g/mol. The number of hydrogen-bond donors (Lipinski definition) is 0. The van der Waals surface area contributed by atoms with Crippen LogP contribution >= 0.6 is 0 Å². The lowest BCUT2D eigenvalue weighted by Crippen LogP contribution is -2.14. The lowest BCUT2D eigenvalue weighted by Gasteiger charge is -2.22. The third-order valence-electron chi connectivity index (χ3n) is 12.4. The van der Waals surface area contributed by atoms with E-state index in [2.05, 4.69) is 190 Å². The van der Waals surface area contributed by atoms with E-state index in [9.17, 15) is 0 Å². The first kappa shape index (κ1) is 32.8. The van der Waals surface area contributed by atoms with Gasteiger partial charge in [0.15, 0.2) is 5.82 Å². The van der Waals surface area contributed by atoms with Crippen LogP contribution in [0.4, 0.5) is 0 Å². The smallest absolute Gasteiger partial charge is 0.160 e. The van der Waals surface area contributed by atoms with Crippen molar-refractivity contribution in [1.82, 2.24) is 9.97 Å². The lowest BCUT2D eigenvalue weighted by atomic mass is 9.81. The van der Waals surface area contributed by atoms with Gasteiger partial charge in [-0.2, -0.15) is 0 Å². The number of benzene rings is 9. The number of rotatable bonds is 4. The highest BCUT2D eigenvalue weighted by atomic mass is 16.3. The zero-order valence-corrected chi connectivity index (χ0v) is 32.1. The normalized spacial score (nSPS) is 13.1. The van der Waals surface area contributed by atoms with Crippen molar-refractivity contribution in [3.63, 3.8) is 0 Å². The molecule has 11 aromatic rings. The van der Waals surface area contributed by atoms with Crippen LogP contribution in [-0.4, -0.2) is 9.97 Å². The molecule has 58 heavy (non-hydrogen) atoms. The molecule has 12 rings (SSSR count). The van der Waals surface area contributed by atoms with Gasteiger partial charge in [-0.1, -0.05) is 147 Å². The second-order valence-corrected chi connectivity index (χ2v) is 16.2. The van der Waals surface area contributed by atoms with Gasteiger partial charge in [0.1, 0.15) is 11.2 Å². The zero-order valence-electron chi connectivity index (χ0n) is 32.1. The van der Waals surface area contributed by atoms with Crippen LogP contribution in [0.25, 0.3) is 110 Å². The summed E-state index contributed by atoms with van der Waals surface area (Å²) >= 11 is 0. The first-order valence-corrected chi connectivity index (χ1v) is 20.0. The molecule has 0 spiro atoms. The second kappa shape index (κ2) is 12.3. The molecule has 2 heterocycles. The van der Waals surface area contributed by atoms with Gasteiger partial charge in [0.25, 0.3) is 0 Å². The minimum atomic E-state index is -0.146. The molecule has 0 radical (unpaired) electrons. The van der Waals surface area contributed by atoms with E-state index in [0.717, 1.165) is 61.1 Å². The Balaban J connectivity index is 0.970. The molecule has 3 heteroatoms. The fourth-order valence-corrected chi connectivity index (χ4v) is 9.45. The summed E-state index contributed by atoms with van der Waals surface area (Å²) in [5, 5.41) is 9.59. The monoisotopic (exact) mass is 740 g/mol. The molecule has 0 N–H and O–H groups in total. The molecule has 2 aromatic heterocycles. The van der Waals surface area contributed by atoms with Crippen LogP contribution in [-0.2, 0) is 5.41 Å². The Hall–Kier alpha value is -7.36. The Bertz CT molecular complexity index is 3480. The largest absolute Gasteiger partial charge is 0.456 e. The molecular formula is C55H36N2O. The summed E-state index contributed by atoms with van der Waals surface area (Å²) in [6, 6.07) is 65.3. The van der Waals surface area contributed by atoms with Crippen molar-refractivity contribution in [2.75, 3.05) is 0 Å². The van der Waals surface area contributed by atoms with E-state index in [1.807, 2.05) is 6.07 Å². The summed E-state index contributed by atoms with van der Waals surface area (Å²) in [5.74, 6) is 0.714. The average molecular weight is 741 g/mol. The Morgan fingerprint density at radius 2 is 1.05 bits per heavy atom. The van der Waals surface area contributed by atoms with Crippen LogP contribution in [0.1, 0.15) is 25.0 Å². The Kier molecular flexibility index (Phi) is 6.98. The number of nitrogens with zero attached hydrogens (tertiary/aromatic N) is 2. The Labute approximate surface area is 335 Å². The van der Waals surface area contributed by atoms with Crippen molar-refractivity contribution in [1.29, 1.82) is 0 Å². The molecule has 9 aromatic carbocycles. The number of aromatic nitrogens is 2. The summed E-state index contributed by atoms with van der Waals surface area (Å²) in [6.45, 7) is 4.69. The molecule has 272 valence electrons. The number of hydrogen-bond acceptors (Lipinski definition) is 3. The molecule has 1 aliphatic rings. The summed E-state index contributed by atoms with van der Waals surface area (Å²) in [6.07, 6.45) is 0. The van der Waals surface area contributed by atoms with E-state index in [1.54, 1.807) is 0 Å². The highest BCUT2D eigenvalue weighted by molar-refractivity contribution is 6.19. The van der Waals surface area contributed by atoms with Crippen molar-refractivity contribution < 1.29 is 4.42 Å². The molecule has 0 saturated heterocycles. The van der Waals surface area contributed by atoms with E-state index in [1.165, 1.54) is 54.6 Å². The highest BCUT2D eigenvalue weighted by Gasteiger charge is 2.37. The van der Waals surface area contributed by atoms with Gasteiger partial charge in [0.05, 0.1) is 11.4 Å². The third-order valence-corrected chi connectivity index (χ3v) is 12.4. The maximum Gasteiger partial charge on any atom is 0.160 e. The zero-order chi connectivity index (χ0) is 38.5. The first-order chi connectivity index (χ1) is 28.5. The third kappa shape index (κ3) is 5.00. The SMILES string of the molecule is CC1(C)c2cc3ccccc3cc2-c2c(-c3cc(-c4ccc5cc(-c6ccc7c(c6)oc6ccc8ccccc8c67)ccc5c4)nc(-c4ccccc4)n3)cccc21. The highest BCUT2D eigenvalue weighted by Crippen LogP contribution is 2.53. The van der Waals surface area contributed by atoms with E-state index in [-0.39, 0.29) is 5.41 Å². The minimum Gasteiger partial charge on any atom is -0.456 e. The quantitative estimate of drug-likeness (QED) is 0.180. The van der Waals surface area contributed by atoms with Crippen molar-refractivity contribution in [2.24, 2.45) is 0 Å². The van der Waals surface area contributed by atoms with E-state index >= 15 is 0 Å². The molecule has 0 atom stereocenters. The Morgan fingerprint density at radius 1 is 0.397 bits per heavy atom. The minimum absolute atomic E-state index is 0.146. The predicted octanol–water partition coefficient (Wildman–Crippen LogP) is 14.8. The van der Waals surface area contributed by atoms with Gasteiger partial charge in [-0.25, -0.2) is 9.97 Å². The molecule has 0 bridgehead atoms. The van der Waals surface area contributed by atoms with Crippen LogP contribution in [0.2, 0.25) is 0 Å². The van der Waals surface area contributed by atoms with Crippen molar-refractivity contribution >= 4 is 54.3 Å². The molecule has 0 fully saturated rings. The van der Waals surface area contributed by atoms with Crippen LogP contribution in [0.15, 0.2) is 186 Å². The van der Waals surface area contributed by atoms with Gasteiger partial charge in [-0.05, 0) is 114 Å². The first-order valence-electron chi connectivity index (χ1n) is 20.0. The van der Waals surface area contributed by atoms with Gasteiger partial charge in [0.2, 0.25) is 0 Å². The summed E-state index contributed by atoms with van der Waals surface area (Å²) < 4.78 is 6.41. The van der Waals surface area contributed by atoms with Crippen LogP contribution < -0.4 is 0 Å². The summed E-state index contributed by atoms with van der Waals surface area (Å²) in [4.78, 5) is 10.5. The number of furan rings is 1. The average Bonchev–Trinajstić information content (AvgIpc) is 3.76. The topological polar surface area (TPSA) is 38.9 Å². The summed E-state index contributed by atoms with van der Waals surface area (Å²) in [5.41, 5.74) is 14.2. The molecule has 1 aliphatic carbocycles. The van der Waals surface area contributed by atoms with Crippen LogP contribution in [0.3, 0.4) is 0 Å². The predicted molar refractivity (Wildman–Crippen MR) is 241 cm³/mol. The molecule has 3 nitrogen and oxygen atoms in total. The van der Waals surface area contributed by atoms with Crippen LogP contribution in [0.5, 0.6) is 0 Å².